The van der Waals surface area contributed by atoms with Crippen LogP contribution in [0.1, 0.15) is 41.3 Å². The van der Waals surface area contributed by atoms with Crippen molar-refractivity contribution in [3.8, 4) is 17.2 Å². The highest BCUT2D eigenvalue weighted by Gasteiger charge is 2.07. The smallest absolute Gasteiger partial charge is 0.160 e. The largest absolute Gasteiger partial charge is 0.493 e. The first-order valence-corrected chi connectivity index (χ1v) is 7.74. The minimum atomic E-state index is -2.91. The fraction of sp³-hybridized carbons (Fsp3) is 0.429. The van der Waals surface area contributed by atoms with E-state index in [0.717, 1.165) is 5.56 Å². The van der Waals surface area contributed by atoms with E-state index >= 15 is 0 Å². The van der Waals surface area contributed by atoms with Crippen LogP contribution in [0, 0.1) is 6.92 Å². The van der Waals surface area contributed by atoms with Crippen LogP contribution in [-0.4, -0.2) is 32.0 Å². The zero-order valence-electron chi connectivity index (χ0n) is 22.5. The van der Waals surface area contributed by atoms with Crippen molar-refractivity contribution >= 4 is 0 Å². The predicted molar refractivity (Wildman–Crippen MR) is 99.8 cm³/mol. The molecule has 4 heteroatoms. The van der Waals surface area contributed by atoms with Crippen LogP contribution >= 0.6 is 0 Å². The fourth-order valence-corrected chi connectivity index (χ4v) is 2.05. The Morgan fingerprint density at radius 2 is 1.88 bits per heavy atom. The van der Waals surface area contributed by atoms with E-state index in [4.69, 9.17) is 25.2 Å². The van der Waals surface area contributed by atoms with Gasteiger partial charge in [-0.3, -0.25) is 0 Å². The summed E-state index contributed by atoms with van der Waals surface area (Å²) in [6, 6.07) is 10.3. The molecule has 0 radical (unpaired) electrons. The average Bonchev–Trinajstić information content (AvgIpc) is 2.71. The van der Waals surface area contributed by atoms with E-state index in [1.165, 1.54) is 44.6 Å². The van der Waals surface area contributed by atoms with Crippen molar-refractivity contribution in [1.29, 1.82) is 0 Å². The SMILES string of the molecule is [2H]C([2H])(CC([2H])([2H])C([2H])([2H])c1ccc(OC)c(OC)c1)C(O)C([2H])([2H])Oc1cccc(C)c1. The highest BCUT2D eigenvalue weighted by molar-refractivity contribution is 5.42. The number of ether oxygens (including phenoxy) is 3. The van der Waals surface area contributed by atoms with E-state index in [0.29, 0.717) is 5.75 Å². The molecule has 0 spiro atoms. The molecule has 2 aromatic carbocycles. The molecule has 0 aromatic heterocycles. The summed E-state index contributed by atoms with van der Waals surface area (Å²) in [5, 5.41) is 10.5. The summed E-state index contributed by atoms with van der Waals surface area (Å²) in [7, 11) is 2.74. The van der Waals surface area contributed by atoms with Crippen molar-refractivity contribution in [2.24, 2.45) is 0 Å². The number of aryl methyl sites for hydroxylation is 2. The second-order valence-electron chi connectivity index (χ2n) is 5.19. The third-order valence-corrected chi connectivity index (χ3v) is 3.28. The highest BCUT2D eigenvalue weighted by atomic mass is 16.5. The third kappa shape index (κ3) is 6.31. The average molecular weight is 352 g/mol. The number of aliphatic hydroxyl groups is 1. The van der Waals surface area contributed by atoms with E-state index in [1.807, 2.05) is 0 Å². The zero-order chi connectivity index (χ0) is 25.2. The standard InChI is InChI=1S/C21H28O4/c1-16-7-6-10-19(13-16)25-15-18(22)9-5-4-8-17-11-12-20(23-2)21(14-17)24-3/h6-7,10-14,18,22H,4-5,8-9,15H2,1-3H3/i4D2,8D2,9D2,15D2. The maximum absolute atomic E-state index is 10.5. The second kappa shape index (κ2) is 9.94. The molecule has 4 nitrogen and oxygen atoms in total. The summed E-state index contributed by atoms with van der Waals surface area (Å²) >= 11 is 0. The van der Waals surface area contributed by atoms with Crippen LogP contribution in [0.25, 0.3) is 0 Å². The van der Waals surface area contributed by atoms with Crippen molar-refractivity contribution in [2.75, 3.05) is 20.8 Å². The molecule has 0 aliphatic rings. The molecule has 0 amide bonds. The van der Waals surface area contributed by atoms with Crippen molar-refractivity contribution < 1.29 is 30.3 Å². The Morgan fingerprint density at radius 3 is 2.60 bits per heavy atom. The lowest BCUT2D eigenvalue weighted by Crippen LogP contribution is -2.17. The molecule has 0 saturated carbocycles. The lowest BCUT2D eigenvalue weighted by Gasteiger charge is -2.13. The van der Waals surface area contributed by atoms with Crippen molar-refractivity contribution in [3.05, 3.63) is 53.6 Å². The summed E-state index contributed by atoms with van der Waals surface area (Å²) in [4.78, 5) is 0. The number of hydrogen-bond donors (Lipinski definition) is 1. The number of rotatable bonds is 10. The van der Waals surface area contributed by atoms with Gasteiger partial charge in [0.15, 0.2) is 11.5 Å². The molecule has 2 rings (SSSR count). The maximum Gasteiger partial charge on any atom is 0.160 e. The summed E-state index contributed by atoms with van der Waals surface area (Å²) in [6.45, 7) is -1.16. The van der Waals surface area contributed by atoms with Gasteiger partial charge in [-0.05, 0) is 61.4 Å². The van der Waals surface area contributed by atoms with Crippen LogP contribution in [0.3, 0.4) is 0 Å². The Balaban J connectivity index is 2.29. The topological polar surface area (TPSA) is 47.9 Å². The van der Waals surface area contributed by atoms with Gasteiger partial charge >= 0.3 is 0 Å². The van der Waals surface area contributed by atoms with Crippen molar-refractivity contribution in [2.45, 2.75) is 38.6 Å². The van der Waals surface area contributed by atoms with Gasteiger partial charge in [-0.2, -0.15) is 0 Å². The quantitative estimate of drug-likeness (QED) is 0.697. The first kappa shape index (κ1) is 10.7. The van der Waals surface area contributed by atoms with E-state index in [9.17, 15) is 5.11 Å². The van der Waals surface area contributed by atoms with Gasteiger partial charge in [0.25, 0.3) is 0 Å². The summed E-state index contributed by atoms with van der Waals surface area (Å²) < 4.78 is 81.2. The van der Waals surface area contributed by atoms with Crippen molar-refractivity contribution in [3.63, 3.8) is 0 Å². The number of hydrogen-bond acceptors (Lipinski definition) is 4. The van der Waals surface area contributed by atoms with Gasteiger partial charge in [0.05, 0.1) is 23.1 Å². The van der Waals surface area contributed by atoms with Crippen LogP contribution in [0.5, 0.6) is 17.2 Å². The van der Waals surface area contributed by atoms with Crippen LogP contribution < -0.4 is 14.2 Å². The number of methoxy groups -OCH3 is 2. The molecule has 1 atom stereocenters. The lowest BCUT2D eigenvalue weighted by atomic mass is 10.0. The van der Waals surface area contributed by atoms with E-state index in [-0.39, 0.29) is 17.1 Å². The van der Waals surface area contributed by atoms with E-state index in [1.54, 1.807) is 19.1 Å². The van der Waals surface area contributed by atoms with Gasteiger partial charge < -0.3 is 19.3 Å². The van der Waals surface area contributed by atoms with Crippen LogP contribution in [0.4, 0.5) is 0 Å². The molecule has 2 aromatic rings. The Hall–Kier alpha value is -2.20. The first-order valence-electron chi connectivity index (χ1n) is 11.7. The van der Waals surface area contributed by atoms with Gasteiger partial charge in [-0.1, -0.05) is 24.6 Å². The second-order valence-corrected chi connectivity index (χ2v) is 5.19. The molecule has 0 heterocycles. The molecular weight excluding hydrogens is 316 g/mol. The van der Waals surface area contributed by atoms with Gasteiger partial charge in [0.2, 0.25) is 0 Å². The van der Waals surface area contributed by atoms with Crippen LogP contribution in [0.15, 0.2) is 42.5 Å². The summed E-state index contributed by atoms with van der Waals surface area (Å²) in [5.74, 6) is 0.545. The Labute approximate surface area is 161 Å². The van der Waals surface area contributed by atoms with Gasteiger partial charge in [-0.25, -0.2) is 0 Å². The molecular formula is C21H28O4. The Morgan fingerprint density at radius 1 is 1.08 bits per heavy atom. The molecule has 1 unspecified atom stereocenters. The fourth-order valence-electron chi connectivity index (χ4n) is 2.05. The highest BCUT2D eigenvalue weighted by Crippen LogP contribution is 2.28. The Kier molecular flexibility index (Phi) is 4.26. The summed E-state index contributed by atoms with van der Waals surface area (Å²) in [5.41, 5.74) is 0.634. The van der Waals surface area contributed by atoms with Gasteiger partial charge in [0.1, 0.15) is 12.3 Å². The van der Waals surface area contributed by atoms with Gasteiger partial charge in [0, 0.05) is 8.22 Å². The molecule has 0 aliphatic heterocycles. The lowest BCUT2D eigenvalue weighted by molar-refractivity contribution is 0.0976. The maximum atomic E-state index is 10.5. The molecule has 0 fully saturated rings. The monoisotopic (exact) mass is 352 g/mol. The number of benzene rings is 2. The van der Waals surface area contributed by atoms with Gasteiger partial charge in [-0.15, -0.1) is 0 Å². The number of aliphatic hydroxyl groups excluding tert-OH is 1. The van der Waals surface area contributed by atoms with Crippen LogP contribution in [0.2, 0.25) is 0 Å². The predicted octanol–water partition coefficient (Wildman–Crippen LogP) is 4.16. The molecule has 0 bridgehead atoms. The molecule has 25 heavy (non-hydrogen) atoms. The third-order valence-electron chi connectivity index (χ3n) is 3.28. The zero-order valence-corrected chi connectivity index (χ0v) is 14.5. The molecule has 1 N–H and O–H groups in total. The molecule has 136 valence electrons. The van der Waals surface area contributed by atoms with Crippen LogP contribution in [-0.2, 0) is 6.37 Å². The Bertz CT molecular complexity index is 965. The van der Waals surface area contributed by atoms with E-state index in [2.05, 4.69) is 0 Å². The first-order chi connectivity index (χ1) is 15.1. The molecule has 0 saturated heterocycles. The normalized spacial score (nSPS) is 18.9. The summed E-state index contributed by atoms with van der Waals surface area (Å²) in [6.07, 6.45) is -12.0. The minimum Gasteiger partial charge on any atom is -0.493 e. The van der Waals surface area contributed by atoms with Crippen molar-refractivity contribution in [1.82, 2.24) is 0 Å². The van der Waals surface area contributed by atoms with E-state index < -0.39 is 38.2 Å². The minimum absolute atomic E-state index is 0.0681. The molecule has 0 aliphatic carbocycles.